The summed E-state index contributed by atoms with van der Waals surface area (Å²) in [5.74, 6) is 1.03. The Hall–Kier alpha value is -2.93. The lowest BCUT2D eigenvalue weighted by atomic mass is 9.75. The van der Waals surface area contributed by atoms with E-state index >= 15 is 0 Å². The van der Waals surface area contributed by atoms with Gasteiger partial charge in [0.15, 0.2) is 0 Å². The first kappa shape index (κ1) is 22.5. The van der Waals surface area contributed by atoms with Gasteiger partial charge in [-0.1, -0.05) is 60.7 Å². The van der Waals surface area contributed by atoms with E-state index in [0.29, 0.717) is 6.04 Å². The number of H-pyrrole nitrogens is 1. The third-order valence-electron chi connectivity index (χ3n) is 7.96. The van der Waals surface area contributed by atoms with Gasteiger partial charge in [-0.15, -0.1) is 0 Å². The quantitative estimate of drug-likeness (QED) is 0.384. The standard InChI is InChI=1S/C29H32BN3O2/c1-28(2)29(3,4)35-30(34-28)24-11-6-9-22-21(8-5-10-23(22)24)19-13-15-20(16-14-19)26-18-32-27(33-26)25-12-7-17-31-25/h5-6,8-11,13-16,18,25,31H,7,12,17H2,1-4H3,(H,32,33). The summed E-state index contributed by atoms with van der Waals surface area (Å²) in [4.78, 5) is 8.13. The van der Waals surface area contributed by atoms with E-state index in [1.165, 1.54) is 22.9 Å². The summed E-state index contributed by atoms with van der Waals surface area (Å²) in [6.07, 6.45) is 4.29. The Balaban J connectivity index is 1.32. The molecule has 35 heavy (non-hydrogen) atoms. The zero-order chi connectivity index (χ0) is 24.2. The van der Waals surface area contributed by atoms with Gasteiger partial charge in [-0.25, -0.2) is 4.98 Å². The molecule has 3 aromatic carbocycles. The number of fused-ring (bicyclic) bond motifs is 1. The van der Waals surface area contributed by atoms with E-state index in [1.54, 1.807) is 0 Å². The molecule has 0 bridgehead atoms. The Morgan fingerprint density at radius 3 is 2.26 bits per heavy atom. The van der Waals surface area contributed by atoms with Crippen LogP contribution in [0.1, 0.15) is 52.4 Å². The van der Waals surface area contributed by atoms with Crippen LogP contribution in [0.3, 0.4) is 0 Å². The predicted octanol–water partition coefficient (Wildman–Crippen LogP) is 5.62. The van der Waals surface area contributed by atoms with Crippen molar-refractivity contribution in [1.82, 2.24) is 15.3 Å². The van der Waals surface area contributed by atoms with Crippen molar-refractivity contribution >= 4 is 23.4 Å². The molecule has 6 heteroatoms. The van der Waals surface area contributed by atoms with E-state index in [2.05, 4.69) is 104 Å². The molecule has 4 aromatic rings. The summed E-state index contributed by atoms with van der Waals surface area (Å²) < 4.78 is 12.7. The molecule has 2 aliphatic rings. The summed E-state index contributed by atoms with van der Waals surface area (Å²) in [5.41, 5.74) is 4.92. The molecule has 1 atom stereocenters. The molecule has 0 spiro atoms. The minimum absolute atomic E-state index is 0.344. The highest BCUT2D eigenvalue weighted by molar-refractivity contribution is 6.65. The number of benzene rings is 3. The lowest BCUT2D eigenvalue weighted by Gasteiger charge is -2.32. The van der Waals surface area contributed by atoms with Crippen LogP contribution in [0.4, 0.5) is 0 Å². The molecule has 2 N–H and O–H groups in total. The van der Waals surface area contributed by atoms with Gasteiger partial charge in [-0.2, -0.15) is 0 Å². The molecule has 6 rings (SSSR count). The number of aromatic nitrogens is 2. The van der Waals surface area contributed by atoms with Crippen molar-refractivity contribution in [2.75, 3.05) is 6.54 Å². The van der Waals surface area contributed by atoms with E-state index in [1.807, 2.05) is 6.20 Å². The zero-order valence-electron chi connectivity index (χ0n) is 20.9. The Kier molecular flexibility index (Phi) is 5.37. The van der Waals surface area contributed by atoms with Crippen LogP contribution in [0.2, 0.25) is 0 Å². The van der Waals surface area contributed by atoms with Crippen molar-refractivity contribution in [3.05, 3.63) is 72.7 Å². The average Bonchev–Trinajstić information content (AvgIpc) is 3.58. The zero-order valence-corrected chi connectivity index (χ0v) is 20.9. The number of imidazole rings is 1. The molecule has 0 amide bonds. The van der Waals surface area contributed by atoms with Crippen molar-refractivity contribution in [1.29, 1.82) is 0 Å². The van der Waals surface area contributed by atoms with Crippen LogP contribution in [-0.4, -0.2) is 34.8 Å². The lowest BCUT2D eigenvalue weighted by molar-refractivity contribution is 0.00578. The number of nitrogens with one attached hydrogen (secondary N) is 2. The van der Waals surface area contributed by atoms with E-state index in [-0.39, 0.29) is 18.3 Å². The van der Waals surface area contributed by atoms with Crippen LogP contribution in [0.5, 0.6) is 0 Å². The molecule has 178 valence electrons. The summed E-state index contributed by atoms with van der Waals surface area (Å²) >= 11 is 0. The molecule has 0 aliphatic carbocycles. The van der Waals surface area contributed by atoms with Crippen LogP contribution in [0.25, 0.3) is 33.2 Å². The van der Waals surface area contributed by atoms with Crippen LogP contribution in [0, 0.1) is 0 Å². The van der Waals surface area contributed by atoms with Crippen molar-refractivity contribution in [3.63, 3.8) is 0 Å². The molecule has 5 nitrogen and oxygen atoms in total. The van der Waals surface area contributed by atoms with E-state index in [9.17, 15) is 0 Å². The predicted molar refractivity (Wildman–Crippen MR) is 143 cm³/mol. The number of rotatable bonds is 4. The molecular weight excluding hydrogens is 433 g/mol. The molecule has 1 unspecified atom stereocenters. The van der Waals surface area contributed by atoms with Gasteiger partial charge in [0, 0.05) is 0 Å². The summed E-state index contributed by atoms with van der Waals surface area (Å²) in [7, 11) is -0.384. The second kappa shape index (κ2) is 8.33. The summed E-state index contributed by atoms with van der Waals surface area (Å²) in [6, 6.07) is 22.0. The van der Waals surface area contributed by atoms with Gasteiger partial charge in [-0.05, 0) is 80.0 Å². The third kappa shape index (κ3) is 3.90. The van der Waals surface area contributed by atoms with Crippen molar-refractivity contribution in [2.45, 2.75) is 57.8 Å². The number of aromatic amines is 1. The maximum absolute atomic E-state index is 6.37. The Morgan fingerprint density at radius 1 is 0.857 bits per heavy atom. The van der Waals surface area contributed by atoms with E-state index < -0.39 is 0 Å². The van der Waals surface area contributed by atoms with Crippen LogP contribution in [0.15, 0.2) is 66.9 Å². The van der Waals surface area contributed by atoms with Crippen molar-refractivity contribution in [2.24, 2.45) is 0 Å². The number of hydrogen-bond donors (Lipinski definition) is 2. The molecule has 2 aliphatic heterocycles. The first-order valence-corrected chi connectivity index (χ1v) is 12.6. The monoisotopic (exact) mass is 465 g/mol. The molecule has 2 fully saturated rings. The Bertz CT molecular complexity index is 1350. The minimum atomic E-state index is -0.384. The van der Waals surface area contributed by atoms with E-state index in [4.69, 9.17) is 9.31 Å². The highest BCUT2D eigenvalue weighted by Crippen LogP contribution is 2.38. The molecule has 0 radical (unpaired) electrons. The van der Waals surface area contributed by atoms with Gasteiger partial charge >= 0.3 is 7.12 Å². The maximum atomic E-state index is 6.37. The third-order valence-corrected chi connectivity index (χ3v) is 7.96. The van der Waals surface area contributed by atoms with Gasteiger partial charge < -0.3 is 19.6 Å². The summed E-state index contributed by atoms with van der Waals surface area (Å²) in [6.45, 7) is 9.45. The van der Waals surface area contributed by atoms with Crippen LogP contribution >= 0.6 is 0 Å². The van der Waals surface area contributed by atoms with Gasteiger partial charge in [0.2, 0.25) is 0 Å². The molecule has 1 aromatic heterocycles. The fraction of sp³-hybridized carbons (Fsp3) is 0.345. The van der Waals surface area contributed by atoms with Gasteiger partial charge in [0.25, 0.3) is 0 Å². The SMILES string of the molecule is CC1(C)OB(c2cccc3c(-c4ccc(-c5cnc(C6CCCN6)[nH]5)cc4)cccc23)OC1(C)C. The normalized spacial score (nSPS) is 21.1. The summed E-state index contributed by atoms with van der Waals surface area (Å²) in [5, 5.41) is 5.87. The van der Waals surface area contributed by atoms with Crippen LogP contribution < -0.4 is 10.8 Å². The van der Waals surface area contributed by atoms with Crippen molar-refractivity contribution < 1.29 is 9.31 Å². The topological polar surface area (TPSA) is 59.2 Å². The Morgan fingerprint density at radius 2 is 1.54 bits per heavy atom. The lowest BCUT2D eigenvalue weighted by Crippen LogP contribution is -2.41. The second-order valence-electron chi connectivity index (χ2n) is 10.7. The second-order valence-corrected chi connectivity index (χ2v) is 10.7. The smallest absolute Gasteiger partial charge is 0.399 e. The van der Waals surface area contributed by atoms with Gasteiger partial charge in [0.1, 0.15) is 5.82 Å². The Labute approximate surface area is 207 Å². The minimum Gasteiger partial charge on any atom is -0.399 e. The first-order valence-electron chi connectivity index (χ1n) is 12.6. The maximum Gasteiger partial charge on any atom is 0.495 e. The van der Waals surface area contributed by atoms with Gasteiger partial charge in [0.05, 0.1) is 29.1 Å². The fourth-order valence-corrected chi connectivity index (χ4v) is 5.17. The molecular formula is C29H32BN3O2. The molecule has 2 saturated heterocycles. The number of hydrogen-bond acceptors (Lipinski definition) is 4. The van der Waals surface area contributed by atoms with Gasteiger partial charge in [-0.3, -0.25) is 0 Å². The average molecular weight is 465 g/mol. The first-order chi connectivity index (χ1) is 16.8. The molecule has 0 saturated carbocycles. The number of nitrogens with zero attached hydrogens (tertiary/aromatic N) is 1. The molecule has 3 heterocycles. The largest absolute Gasteiger partial charge is 0.495 e. The highest BCUT2D eigenvalue weighted by Gasteiger charge is 2.52. The fourth-order valence-electron chi connectivity index (χ4n) is 5.17. The van der Waals surface area contributed by atoms with Crippen molar-refractivity contribution in [3.8, 4) is 22.4 Å². The van der Waals surface area contributed by atoms with E-state index in [0.717, 1.165) is 40.9 Å². The highest BCUT2D eigenvalue weighted by atomic mass is 16.7. The van der Waals surface area contributed by atoms with Crippen LogP contribution in [-0.2, 0) is 9.31 Å².